The zero-order valence-electron chi connectivity index (χ0n) is 5.71. The van der Waals surface area contributed by atoms with E-state index in [4.69, 9.17) is 28.3 Å². The van der Waals surface area contributed by atoms with E-state index < -0.39 is 10.0 Å². The molecule has 12 heavy (non-hydrogen) atoms. The fraction of sp³-hybridized carbons (Fsp3) is 0. The Morgan fingerprint density at radius 3 is 2.42 bits per heavy atom. The summed E-state index contributed by atoms with van der Waals surface area (Å²) in [5.41, 5.74) is 0. The molecule has 0 fully saturated rings. The minimum absolute atomic E-state index is 0.0957. The van der Waals surface area contributed by atoms with Gasteiger partial charge in [-0.15, -0.1) is 0 Å². The van der Waals surface area contributed by atoms with Gasteiger partial charge >= 0.3 is 0 Å². The number of benzene rings is 1. The first-order chi connectivity index (χ1) is 5.43. The van der Waals surface area contributed by atoms with Crippen LogP contribution in [0.15, 0.2) is 17.0 Å². The molecule has 0 atom stereocenters. The Morgan fingerprint density at radius 2 is 2.00 bits per heavy atom. The Morgan fingerprint density at radius 1 is 1.42 bits per heavy atom. The summed E-state index contributed by atoms with van der Waals surface area (Å²) >= 11 is 11.1. The van der Waals surface area contributed by atoms with Crippen LogP contribution in [0.5, 0.6) is 0 Å². The van der Waals surface area contributed by atoms with Crippen LogP contribution in [0.25, 0.3) is 0 Å². The molecule has 1 aromatic rings. The molecule has 0 aliphatic carbocycles. The zero-order chi connectivity index (χ0) is 9.35. The van der Waals surface area contributed by atoms with Crippen LogP contribution in [0.3, 0.4) is 0 Å². The Bertz CT molecular complexity index is 402. The zero-order valence-corrected chi connectivity index (χ0v) is 8.04. The molecular formula is C6H4Cl2NO2S. The maximum Gasteiger partial charge on any atom is 0.240 e. The lowest BCUT2D eigenvalue weighted by Crippen LogP contribution is -2.12. The standard InChI is InChI=1S/C6H4Cl2NO2S/c7-4-2-1-3-5(6(4)8)12(9,10)11/h1-2H,(H2,9,10,11). The van der Waals surface area contributed by atoms with E-state index in [-0.39, 0.29) is 14.9 Å². The molecule has 6 heteroatoms. The van der Waals surface area contributed by atoms with Gasteiger partial charge < -0.3 is 0 Å². The highest BCUT2D eigenvalue weighted by atomic mass is 35.5. The molecule has 0 aliphatic heterocycles. The molecule has 1 rings (SSSR count). The van der Waals surface area contributed by atoms with E-state index in [1.54, 1.807) is 0 Å². The fourth-order valence-electron chi connectivity index (χ4n) is 0.643. The minimum atomic E-state index is -3.83. The normalized spacial score (nSPS) is 11.6. The van der Waals surface area contributed by atoms with Gasteiger partial charge in [-0.1, -0.05) is 29.3 Å². The highest BCUT2D eigenvalue weighted by molar-refractivity contribution is 7.89. The Kier molecular flexibility index (Phi) is 2.63. The molecule has 0 bridgehead atoms. The third-order valence-corrected chi connectivity index (χ3v) is 2.94. The lowest BCUT2D eigenvalue weighted by atomic mass is 10.4. The largest absolute Gasteiger partial charge is 0.240 e. The third kappa shape index (κ3) is 1.90. The van der Waals surface area contributed by atoms with Crippen LogP contribution >= 0.6 is 23.2 Å². The number of nitrogens with two attached hydrogens (primary N) is 1. The van der Waals surface area contributed by atoms with Crippen LogP contribution in [0, 0.1) is 6.07 Å². The smallest absolute Gasteiger partial charge is 0.225 e. The second kappa shape index (κ2) is 3.22. The number of primary sulfonamides is 1. The topological polar surface area (TPSA) is 60.2 Å². The quantitative estimate of drug-likeness (QED) is 0.785. The van der Waals surface area contributed by atoms with Crippen molar-refractivity contribution in [1.29, 1.82) is 0 Å². The van der Waals surface area contributed by atoms with Gasteiger partial charge in [0.15, 0.2) is 0 Å². The maximum absolute atomic E-state index is 10.8. The van der Waals surface area contributed by atoms with Gasteiger partial charge in [-0.25, -0.2) is 13.6 Å². The number of rotatable bonds is 1. The van der Waals surface area contributed by atoms with Crippen molar-refractivity contribution in [3.63, 3.8) is 0 Å². The molecule has 2 N–H and O–H groups in total. The molecule has 0 unspecified atom stereocenters. The highest BCUT2D eigenvalue weighted by Gasteiger charge is 2.14. The van der Waals surface area contributed by atoms with Gasteiger partial charge in [0.2, 0.25) is 10.0 Å². The molecule has 0 spiro atoms. The van der Waals surface area contributed by atoms with Crippen LogP contribution in [0.1, 0.15) is 0 Å². The van der Waals surface area contributed by atoms with Crippen molar-refractivity contribution in [2.24, 2.45) is 5.14 Å². The van der Waals surface area contributed by atoms with Crippen LogP contribution in [-0.4, -0.2) is 8.42 Å². The summed E-state index contributed by atoms with van der Waals surface area (Å²) in [6.07, 6.45) is 0. The summed E-state index contributed by atoms with van der Waals surface area (Å²) in [7, 11) is -3.83. The van der Waals surface area contributed by atoms with Gasteiger partial charge in [0.05, 0.1) is 10.0 Å². The lowest BCUT2D eigenvalue weighted by molar-refractivity contribution is 0.597. The summed E-state index contributed by atoms with van der Waals surface area (Å²) in [6.45, 7) is 0. The molecule has 0 amide bonds. The molecule has 1 radical (unpaired) electrons. The summed E-state index contributed by atoms with van der Waals surface area (Å²) in [5, 5.41) is 4.87. The van der Waals surface area contributed by atoms with Crippen LogP contribution in [0.4, 0.5) is 0 Å². The van der Waals surface area contributed by atoms with E-state index in [0.717, 1.165) is 0 Å². The summed E-state index contributed by atoms with van der Waals surface area (Å²) in [4.78, 5) is -0.281. The van der Waals surface area contributed by atoms with Crippen molar-refractivity contribution in [3.05, 3.63) is 28.2 Å². The van der Waals surface area contributed by atoms with Gasteiger partial charge in [-0.2, -0.15) is 0 Å². The SMILES string of the molecule is NS(=O)(=O)c1[c]ccc(Cl)c1Cl. The third-order valence-electron chi connectivity index (χ3n) is 1.14. The number of hydrogen-bond donors (Lipinski definition) is 1. The monoisotopic (exact) mass is 224 g/mol. The van der Waals surface area contributed by atoms with Gasteiger partial charge in [0, 0.05) is 6.07 Å². The molecule has 0 aliphatic rings. The van der Waals surface area contributed by atoms with E-state index in [1.807, 2.05) is 0 Å². The van der Waals surface area contributed by atoms with Gasteiger partial charge in [0.1, 0.15) is 4.90 Å². The molecule has 3 nitrogen and oxygen atoms in total. The molecular weight excluding hydrogens is 221 g/mol. The second-order valence-electron chi connectivity index (χ2n) is 2.01. The highest BCUT2D eigenvalue weighted by Crippen LogP contribution is 2.27. The van der Waals surface area contributed by atoms with E-state index >= 15 is 0 Å². The van der Waals surface area contributed by atoms with Crippen LogP contribution < -0.4 is 5.14 Å². The minimum Gasteiger partial charge on any atom is -0.225 e. The summed E-state index contributed by atoms with van der Waals surface area (Å²) in [5.74, 6) is 0. The average molecular weight is 225 g/mol. The van der Waals surface area contributed by atoms with Crippen molar-refractivity contribution in [1.82, 2.24) is 0 Å². The fourth-order valence-corrected chi connectivity index (χ4v) is 1.89. The molecule has 0 saturated carbocycles. The Hall–Kier alpha value is -0.290. The average Bonchev–Trinajstić information content (AvgIpc) is 1.92. The molecule has 0 aromatic heterocycles. The number of halogens is 2. The van der Waals surface area contributed by atoms with E-state index in [0.29, 0.717) is 0 Å². The lowest BCUT2D eigenvalue weighted by Gasteiger charge is -2.00. The number of hydrogen-bond acceptors (Lipinski definition) is 2. The van der Waals surface area contributed by atoms with Crippen molar-refractivity contribution >= 4 is 33.2 Å². The van der Waals surface area contributed by atoms with E-state index in [9.17, 15) is 8.42 Å². The van der Waals surface area contributed by atoms with Gasteiger partial charge in [0.25, 0.3) is 0 Å². The Balaban J connectivity index is 3.47. The first kappa shape index (κ1) is 9.80. The summed E-state index contributed by atoms with van der Waals surface area (Å²) < 4.78 is 21.6. The van der Waals surface area contributed by atoms with Crippen molar-refractivity contribution < 1.29 is 8.42 Å². The van der Waals surface area contributed by atoms with Crippen molar-refractivity contribution in [2.45, 2.75) is 4.90 Å². The predicted octanol–water partition coefficient (Wildman–Crippen LogP) is 1.44. The van der Waals surface area contributed by atoms with Gasteiger partial charge in [-0.05, 0) is 6.07 Å². The molecule has 1 aromatic carbocycles. The molecule has 0 heterocycles. The Labute approximate surface area is 80.1 Å². The van der Waals surface area contributed by atoms with Gasteiger partial charge in [-0.3, -0.25) is 0 Å². The van der Waals surface area contributed by atoms with Crippen LogP contribution in [0.2, 0.25) is 10.0 Å². The maximum atomic E-state index is 10.8. The van der Waals surface area contributed by atoms with Crippen molar-refractivity contribution in [3.8, 4) is 0 Å². The first-order valence-electron chi connectivity index (χ1n) is 2.81. The first-order valence-corrected chi connectivity index (χ1v) is 5.11. The van der Waals surface area contributed by atoms with Crippen molar-refractivity contribution in [2.75, 3.05) is 0 Å². The second-order valence-corrected chi connectivity index (χ2v) is 4.30. The van der Waals surface area contributed by atoms with Crippen LogP contribution in [-0.2, 0) is 10.0 Å². The number of sulfonamides is 1. The predicted molar refractivity (Wildman–Crippen MR) is 46.7 cm³/mol. The molecule has 65 valence electrons. The van der Waals surface area contributed by atoms with E-state index in [1.165, 1.54) is 12.1 Å². The van der Waals surface area contributed by atoms with E-state index in [2.05, 4.69) is 6.07 Å². The summed E-state index contributed by atoms with van der Waals surface area (Å²) in [6, 6.07) is 5.16. The molecule has 0 saturated heterocycles.